The number of aldehydes is 1. The molecule has 0 radical (unpaired) electrons. The number of anilines is 3. The molecule has 31 heavy (non-hydrogen) atoms. The van der Waals surface area contributed by atoms with Gasteiger partial charge in [0, 0.05) is 31.6 Å². The van der Waals surface area contributed by atoms with E-state index in [2.05, 4.69) is 71.3 Å². The summed E-state index contributed by atoms with van der Waals surface area (Å²) in [7, 11) is 0. The lowest BCUT2D eigenvalue weighted by molar-refractivity contribution is 0.112. The van der Waals surface area contributed by atoms with E-state index in [1.807, 2.05) is 48.5 Å². The summed E-state index contributed by atoms with van der Waals surface area (Å²) in [5.41, 5.74) is 5.17. The summed E-state index contributed by atoms with van der Waals surface area (Å²) in [5.74, 6) is 0. The molecule has 0 aromatic heterocycles. The summed E-state index contributed by atoms with van der Waals surface area (Å²) >= 11 is 7.01. The minimum atomic E-state index is 0.615. The number of hydrogen-bond acceptors (Lipinski definition) is 4. The standard InChI is InChI=1S/C25H17Br2N3O/c26-19-3-11-23(12-4-19)30(24-13-5-20(27)6-14-24)25-15-9-22(10-16-25)29-28-21-7-1-18(17-31)2-8-21/h1-17H. The Balaban J connectivity index is 1.62. The Bertz CT molecular complexity index is 1140. The van der Waals surface area contributed by atoms with Crippen molar-refractivity contribution >= 4 is 66.6 Å². The van der Waals surface area contributed by atoms with E-state index in [-0.39, 0.29) is 0 Å². The van der Waals surface area contributed by atoms with E-state index in [0.29, 0.717) is 11.3 Å². The molecule has 152 valence electrons. The Morgan fingerprint density at radius 3 is 1.29 bits per heavy atom. The third kappa shape index (κ3) is 5.34. The maximum atomic E-state index is 10.8. The van der Waals surface area contributed by atoms with Crippen molar-refractivity contribution in [2.24, 2.45) is 10.2 Å². The van der Waals surface area contributed by atoms with Crippen molar-refractivity contribution in [3.8, 4) is 0 Å². The van der Waals surface area contributed by atoms with E-state index >= 15 is 0 Å². The van der Waals surface area contributed by atoms with Crippen LogP contribution in [0.2, 0.25) is 0 Å². The highest BCUT2D eigenvalue weighted by Gasteiger charge is 2.12. The van der Waals surface area contributed by atoms with Crippen LogP contribution >= 0.6 is 31.9 Å². The summed E-state index contributed by atoms with van der Waals surface area (Å²) in [6.45, 7) is 0. The minimum absolute atomic E-state index is 0.615. The lowest BCUT2D eigenvalue weighted by Gasteiger charge is -2.25. The van der Waals surface area contributed by atoms with Gasteiger partial charge >= 0.3 is 0 Å². The Kier molecular flexibility index (Phi) is 6.70. The molecule has 0 heterocycles. The van der Waals surface area contributed by atoms with Crippen molar-refractivity contribution in [2.45, 2.75) is 0 Å². The number of hydrogen-bond donors (Lipinski definition) is 0. The third-order valence-electron chi connectivity index (χ3n) is 4.59. The van der Waals surface area contributed by atoms with E-state index in [1.165, 1.54) is 0 Å². The molecule has 0 atom stereocenters. The number of carbonyl (C=O) groups is 1. The molecule has 0 aliphatic heterocycles. The molecule has 0 aliphatic carbocycles. The number of rotatable bonds is 6. The molecule has 0 saturated heterocycles. The SMILES string of the molecule is O=Cc1ccc(N=Nc2ccc(N(c3ccc(Br)cc3)c3ccc(Br)cc3)cc2)cc1. The van der Waals surface area contributed by atoms with Crippen LogP contribution in [0, 0.1) is 0 Å². The predicted octanol–water partition coefficient (Wildman–Crippen LogP) is 8.91. The average Bonchev–Trinajstić information content (AvgIpc) is 2.81. The molecule has 0 fully saturated rings. The first-order chi connectivity index (χ1) is 15.1. The normalized spacial score (nSPS) is 10.9. The fourth-order valence-electron chi connectivity index (χ4n) is 3.03. The topological polar surface area (TPSA) is 45.0 Å². The van der Waals surface area contributed by atoms with Crippen molar-refractivity contribution < 1.29 is 4.79 Å². The molecular weight excluding hydrogens is 518 g/mol. The highest BCUT2D eigenvalue weighted by atomic mass is 79.9. The molecule has 0 unspecified atom stereocenters. The Hall–Kier alpha value is -3.09. The second kappa shape index (κ2) is 9.81. The van der Waals surface area contributed by atoms with E-state index in [0.717, 1.165) is 38.0 Å². The van der Waals surface area contributed by atoms with Crippen LogP contribution in [0.1, 0.15) is 10.4 Å². The Morgan fingerprint density at radius 1 is 0.548 bits per heavy atom. The molecule has 0 amide bonds. The largest absolute Gasteiger partial charge is 0.311 e. The van der Waals surface area contributed by atoms with Crippen LogP contribution in [0.5, 0.6) is 0 Å². The lowest BCUT2D eigenvalue weighted by Crippen LogP contribution is -2.09. The second-order valence-electron chi connectivity index (χ2n) is 6.71. The van der Waals surface area contributed by atoms with Gasteiger partial charge in [0.05, 0.1) is 11.4 Å². The van der Waals surface area contributed by atoms with Crippen LogP contribution in [-0.2, 0) is 0 Å². The molecule has 4 rings (SSSR count). The Morgan fingerprint density at radius 2 is 0.903 bits per heavy atom. The summed E-state index contributed by atoms with van der Waals surface area (Å²) in [6.07, 6.45) is 0.808. The second-order valence-corrected chi connectivity index (χ2v) is 8.55. The quantitative estimate of drug-likeness (QED) is 0.183. The molecule has 4 nitrogen and oxygen atoms in total. The van der Waals surface area contributed by atoms with Crippen molar-refractivity contribution in [1.29, 1.82) is 0 Å². The fraction of sp³-hybridized carbons (Fsp3) is 0. The molecule has 0 saturated carbocycles. The maximum absolute atomic E-state index is 10.8. The zero-order valence-corrected chi connectivity index (χ0v) is 19.5. The summed E-state index contributed by atoms with van der Waals surface area (Å²) in [5, 5.41) is 8.55. The predicted molar refractivity (Wildman–Crippen MR) is 133 cm³/mol. The first-order valence-corrected chi connectivity index (χ1v) is 11.1. The molecule has 4 aromatic carbocycles. The van der Waals surface area contributed by atoms with Crippen molar-refractivity contribution in [2.75, 3.05) is 4.90 Å². The van der Waals surface area contributed by atoms with Crippen LogP contribution in [-0.4, -0.2) is 6.29 Å². The maximum Gasteiger partial charge on any atom is 0.150 e. The van der Waals surface area contributed by atoms with Gasteiger partial charge in [-0.1, -0.05) is 31.9 Å². The van der Waals surface area contributed by atoms with Crippen LogP contribution < -0.4 is 4.90 Å². The van der Waals surface area contributed by atoms with Crippen LogP contribution in [0.25, 0.3) is 0 Å². The van der Waals surface area contributed by atoms with Gasteiger partial charge in [-0.25, -0.2) is 0 Å². The molecular formula is C25H17Br2N3O. The van der Waals surface area contributed by atoms with Crippen LogP contribution in [0.15, 0.2) is 116 Å². The van der Waals surface area contributed by atoms with Gasteiger partial charge in [-0.2, -0.15) is 10.2 Å². The summed E-state index contributed by atoms with van der Waals surface area (Å²) in [4.78, 5) is 12.9. The molecule has 0 aliphatic rings. The van der Waals surface area contributed by atoms with Gasteiger partial charge in [-0.05, 0) is 97.1 Å². The molecule has 0 bridgehead atoms. The van der Waals surface area contributed by atoms with E-state index < -0.39 is 0 Å². The lowest BCUT2D eigenvalue weighted by atomic mass is 10.2. The smallest absolute Gasteiger partial charge is 0.150 e. The summed E-state index contributed by atoms with van der Waals surface area (Å²) < 4.78 is 2.06. The van der Waals surface area contributed by atoms with Gasteiger partial charge in [0.25, 0.3) is 0 Å². The molecule has 6 heteroatoms. The average molecular weight is 535 g/mol. The highest BCUT2D eigenvalue weighted by Crippen LogP contribution is 2.36. The number of halogens is 2. The van der Waals surface area contributed by atoms with Gasteiger partial charge < -0.3 is 4.90 Å². The first-order valence-electron chi connectivity index (χ1n) is 9.51. The summed E-state index contributed by atoms with van der Waals surface area (Å²) in [6, 6.07) is 31.3. The van der Waals surface area contributed by atoms with E-state index in [9.17, 15) is 4.79 Å². The number of nitrogens with zero attached hydrogens (tertiary/aromatic N) is 3. The van der Waals surface area contributed by atoms with Crippen molar-refractivity contribution in [3.05, 3.63) is 112 Å². The first kappa shape index (κ1) is 21.2. The zero-order chi connectivity index (χ0) is 21.6. The van der Waals surface area contributed by atoms with Gasteiger partial charge in [-0.3, -0.25) is 4.79 Å². The number of benzene rings is 4. The minimum Gasteiger partial charge on any atom is -0.311 e. The van der Waals surface area contributed by atoms with Crippen molar-refractivity contribution in [1.82, 2.24) is 0 Å². The van der Waals surface area contributed by atoms with E-state index in [4.69, 9.17) is 0 Å². The number of carbonyl (C=O) groups excluding carboxylic acids is 1. The van der Waals surface area contributed by atoms with Gasteiger partial charge in [0.15, 0.2) is 0 Å². The van der Waals surface area contributed by atoms with Crippen LogP contribution in [0.4, 0.5) is 28.4 Å². The fourth-order valence-corrected chi connectivity index (χ4v) is 3.56. The number of azo groups is 1. The van der Waals surface area contributed by atoms with Gasteiger partial charge in [-0.15, -0.1) is 0 Å². The molecule has 0 N–H and O–H groups in total. The van der Waals surface area contributed by atoms with Gasteiger partial charge in [0.2, 0.25) is 0 Å². The monoisotopic (exact) mass is 533 g/mol. The van der Waals surface area contributed by atoms with Crippen molar-refractivity contribution in [3.63, 3.8) is 0 Å². The zero-order valence-electron chi connectivity index (χ0n) is 16.3. The molecule has 4 aromatic rings. The molecule has 0 spiro atoms. The van der Waals surface area contributed by atoms with Crippen LogP contribution in [0.3, 0.4) is 0 Å². The third-order valence-corrected chi connectivity index (χ3v) is 5.65. The van der Waals surface area contributed by atoms with E-state index in [1.54, 1.807) is 24.3 Å². The Labute approximate surface area is 197 Å². The van der Waals surface area contributed by atoms with Gasteiger partial charge in [0.1, 0.15) is 6.29 Å². The highest BCUT2D eigenvalue weighted by molar-refractivity contribution is 9.10.